The molecule has 0 atom stereocenters. The minimum Gasteiger partial charge on any atom is -0.326 e. The molecule has 1 heterocycles. The monoisotopic (exact) mass is 297 g/mol. The molecule has 0 aliphatic rings. The van der Waals surface area contributed by atoms with Crippen molar-refractivity contribution in [3.05, 3.63) is 46.4 Å². The Morgan fingerprint density at radius 1 is 1.32 bits per heavy atom. The van der Waals surface area contributed by atoms with Crippen molar-refractivity contribution in [2.24, 2.45) is 5.73 Å². The minimum absolute atomic E-state index is 0.198. The topological polar surface area (TPSA) is 85.1 Å². The molecule has 0 spiro atoms. The lowest BCUT2D eigenvalue weighted by atomic mass is 10.2. The van der Waals surface area contributed by atoms with Crippen molar-refractivity contribution < 1.29 is 8.42 Å². The number of nitrogens with two attached hydrogens (primary N) is 1. The van der Waals surface area contributed by atoms with Gasteiger partial charge in [-0.3, -0.25) is 0 Å². The zero-order chi connectivity index (χ0) is 13.7. The molecule has 5 nitrogen and oxygen atoms in total. The summed E-state index contributed by atoms with van der Waals surface area (Å²) >= 11 is 1.50. The van der Waals surface area contributed by atoms with E-state index in [1.165, 1.54) is 11.3 Å². The van der Waals surface area contributed by atoms with E-state index < -0.39 is 10.0 Å². The lowest BCUT2D eigenvalue weighted by molar-refractivity contribution is 0.580. The minimum atomic E-state index is -3.51. The fourth-order valence-electron chi connectivity index (χ4n) is 1.69. The Morgan fingerprint density at radius 3 is 2.79 bits per heavy atom. The normalized spacial score (nSPS) is 11.6. The summed E-state index contributed by atoms with van der Waals surface area (Å²) in [5.74, 6) is 0. The number of rotatable bonds is 6. The maximum atomic E-state index is 12.2. The second-order valence-corrected chi connectivity index (χ2v) is 6.39. The highest BCUT2D eigenvalue weighted by atomic mass is 32.2. The summed E-state index contributed by atoms with van der Waals surface area (Å²) in [6.45, 7) is 0.522. The first kappa shape index (κ1) is 14.1. The number of hydrogen-bond acceptors (Lipinski definition) is 5. The van der Waals surface area contributed by atoms with E-state index in [0.29, 0.717) is 18.5 Å². The molecule has 3 N–H and O–H groups in total. The van der Waals surface area contributed by atoms with Gasteiger partial charge in [0, 0.05) is 24.9 Å². The van der Waals surface area contributed by atoms with E-state index in [4.69, 9.17) is 5.73 Å². The number of thiazole rings is 1. The first-order valence-electron chi connectivity index (χ1n) is 5.78. The summed E-state index contributed by atoms with van der Waals surface area (Å²) in [6, 6.07) is 6.74. The van der Waals surface area contributed by atoms with E-state index in [0.717, 1.165) is 5.69 Å². The molecule has 0 radical (unpaired) electrons. The van der Waals surface area contributed by atoms with Gasteiger partial charge in [0.1, 0.15) is 0 Å². The van der Waals surface area contributed by atoms with Crippen LogP contribution in [0.3, 0.4) is 0 Å². The molecule has 0 aliphatic carbocycles. The maximum Gasteiger partial charge on any atom is 0.240 e. The Bertz CT molecular complexity index is 624. The summed E-state index contributed by atoms with van der Waals surface area (Å²) in [5, 5.41) is 1.90. The standard InChI is InChI=1S/C12H15N3O2S2/c13-7-10-3-1-2-4-12(10)19(16,17)15-6-5-11-8-18-9-14-11/h1-4,8-9,15H,5-7,13H2. The van der Waals surface area contributed by atoms with Crippen LogP contribution >= 0.6 is 11.3 Å². The van der Waals surface area contributed by atoms with Gasteiger partial charge in [-0.2, -0.15) is 0 Å². The Morgan fingerprint density at radius 2 is 2.11 bits per heavy atom. The largest absolute Gasteiger partial charge is 0.326 e. The van der Waals surface area contributed by atoms with Gasteiger partial charge in [-0.25, -0.2) is 18.1 Å². The van der Waals surface area contributed by atoms with Crippen molar-refractivity contribution in [3.8, 4) is 0 Å². The maximum absolute atomic E-state index is 12.2. The van der Waals surface area contributed by atoms with Crippen molar-refractivity contribution in [2.45, 2.75) is 17.9 Å². The molecule has 2 rings (SSSR count). The summed E-state index contributed by atoms with van der Waals surface area (Å²) in [6.07, 6.45) is 0.577. The molecule has 0 saturated heterocycles. The summed E-state index contributed by atoms with van der Waals surface area (Å²) < 4.78 is 26.9. The van der Waals surface area contributed by atoms with Crippen LogP contribution in [0.25, 0.3) is 0 Å². The van der Waals surface area contributed by atoms with E-state index in [9.17, 15) is 8.42 Å². The third kappa shape index (κ3) is 3.60. The Labute approximate surface area is 116 Å². The molecule has 19 heavy (non-hydrogen) atoms. The van der Waals surface area contributed by atoms with Gasteiger partial charge in [0.2, 0.25) is 10.0 Å². The van der Waals surface area contributed by atoms with Gasteiger partial charge in [0.15, 0.2) is 0 Å². The van der Waals surface area contributed by atoms with Gasteiger partial charge in [0.05, 0.1) is 16.1 Å². The van der Waals surface area contributed by atoms with Gasteiger partial charge in [-0.15, -0.1) is 11.3 Å². The van der Waals surface area contributed by atoms with Gasteiger partial charge in [-0.05, 0) is 11.6 Å². The van der Waals surface area contributed by atoms with Gasteiger partial charge in [0.25, 0.3) is 0 Å². The van der Waals surface area contributed by atoms with Crippen LogP contribution in [0.1, 0.15) is 11.3 Å². The first-order valence-corrected chi connectivity index (χ1v) is 8.21. The van der Waals surface area contributed by atoms with E-state index >= 15 is 0 Å². The van der Waals surface area contributed by atoms with E-state index in [1.807, 2.05) is 5.38 Å². The summed E-state index contributed by atoms with van der Waals surface area (Å²) in [4.78, 5) is 4.35. The molecular weight excluding hydrogens is 282 g/mol. The Kier molecular flexibility index (Phi) is 4.65. The Balaban J connectivity index is 2.05. The molecule has 2 aromatic rings. The van der Waals surface area contributed by atoms with Crippen LogP contribution in [-0.2, 0) is 23.0 Å². The number of sulfonamides is 1. The first-order chi connectivity index (χ1) is 9.13. The SMILES string of the molecule is NCc1ccccc1S(=O)(=O)NCCc1cscn1. The average molecular weight is 297 g/mol. The van der Waals surface area contributed by atoms with Crippen LogP contribution in [0.2, 0.25) is 0 Å². The highest BCUT2D eigenvalue weighted by Gasteiger charge is 2.16. The molecule has 0 bridgehead atoms. The van der Waals surface area contributed by atoms with Crippen LogP contribution in [0, 0.1) is 0 Å². The van der Waals surface area contributed by atoms with Crippen molar-refractivity contribution >= 4 is 21.4 Å². The predicted octanol–water partition coefficient (Wildman–Crippen LogP) is 1.12. The summed E-state index contributed by atoms with van der Waals surface area (Å²) in [5.41, 5.74) is 8.79. The van der Waals surface area contributed by atoms with Crippen LogP contribution in [-0.4, -0.2) is 19.9 Å². The predicted molar refractivity (Wildman–Crippen MR) is 75.3 cm³/mol. The van der Waals surface area contributed by atoms with E-state index in [1.54, 1.807) is 29.8 Å². The fraction of sp³-hybridized carbons (Fsp3) is 0.250. The van der Waals surface area contributed by atoms with Crippen molar-refractivity contribution in [2.75, 3.05) is 6.54 Å². The fourth-order valence-corrected chi connectivity index (χ4v) is 3.56. The van der Waals surface area contributed by atoms with Crippen molar-refractivity contribution in [3.63, 3.8) is 0 Å². The number of aromatic nitrogens is 1. The lowest BCUT2D eigenvalue weighted by Crippen LogP contribution is -2.27. The quantitative estimate of drug-likeness (QED) is 0.837. The number of nitrogens with zero attached hydrogens (tertiary/aromatic N) is 1. The third-order valence-corrected chi connectivity index (χ3v) is 4.84. The third-order valence-electron chi connectivity index (χ3n) is 2.64. The molecule has 7 heteroatoms. The van der Waals surface area contributed by atoms with E-state index in [2.05, 4.69) is 9.71 Å². The molecule has 0 unspecified atom stereocenters. The van der Waals surface area contributed by atoms with Crippen LogP contribution < -0.4 is 10.5 Å². The zero-order valence-corrected chi connectivity index (χ0v) is 11.9. The second kappa shape index (κ2) is 6.25. The van der Waals surface area contributed by atoms with Crippen LogP contribution in [0.4, 0.5) is 0 Å². The highest BCUT2D eigenvalue weighted by molar-refractivity contribution is 7.89. The van der Waals surface area contributed by atoms with Crippen LogP contribution in [0.15, 0.2) is 40.1 Å². The molecule has 0 fully saturated rings. The number of hydrogen-bond donors (Lipinski definition) is 2. The second-order valence-electron chi connectivity index (χ2n) is 3.94. The van der Waals surface area contributed by atoms with Crippen molar-refractivity contribution in [1.82, 2.24) is 9.71 Å². The van der Waals surface area contributed by atoms with Crippen molar-refractivity contribution in [1.29, 1.82) is 0 Å². The molecule has 102 valence electrons. The van der Waals surface area contributed by atoms with Gasteiger partial charge < -0.3 is 5.73 Å². The van der Waals surface area contributed by atoms with Gasteiger partial charge >= 0.3 is 0 Å². The number of benzene rings is 1. The smallest absolute Gasteiger partial charge is 0.240 e. The average Bonchev–Trinajstić information content (AvgIpc) is 2.91. The molecule has 0 aliphatic heterocycles. The lowest BCUT2D eigenvalue weighted by Gasteiger charge is -2.09. The van der Waals surface area contributed by atoms with E-state index in [-0.39, 0.29) is 11.4 Å². The molecular formula is C12H15N3O2S2. The van der Waals surface area contributed by atoms with Crippen LogP contribution in [0.5, 0.6) is 0 Å². The Hall–Kier alpha value is -1.28. The summed E-state index contributed by atoms with van der Waals surface area (Å²) in [7, 11) is -3.51. The highest BCUT2D eigenvalue weighted by Crippen LogP contribution is 2.14. The number of nitrogens with one attached hydrogen (secondary N) is 1. The molecule has 0 saturated carbocycles. The molecule has 1 aromatic heterocycles. The molecule has 0 amide bonds. The van der Waals surface area contributed by atoms with Gasteiger partial charge in [-0.1, -0.05) is 18.2 Å². The molecule has 1 aromatic carbocycles. The zero-order valence-electron chi connectivity index (χ0n) is 10.2.